The highest BCUT2D eigenvalue weighted by atomic mass is 16.5. The van der Waals surface area contributed by atoms with Crippen LogP contribution < -0.4 is 14.9 Å². The molecule has 1 amide bonds. The third-order valence-electron chi connectivity index (χ3n) is 2.46. The fourth-order valence-electron chi connectivity index (χ4n) is 1.63. The van der Waals surface area contributed by atoms with E-state index in [2.05, 4.69) is 5.43 Å². The van der Waals surface area contributed by atoms with E-state index >= 15 is 0 Å². The minimum atomic E-state index is -0.0233. The van der Waals surface area contributed by atoms with Crippen LogP contribution in [0.4, 0.5) is 0 Å². The van der Waals surface area contributed by atoms with Crippen molar-refractivity contribution in [1.29, 1.82) is 0 Å². The van der Waals surface area contributed by atoms with Crippen LogP contribution in [0.15, 0.2) is 18.2 Å². The van der Waals surface area contributed by atoms with E-state index < -0.39 is 0 Å². The fraction of sp³-hybridized carbons (Fsp3) is 0.462. The molecule has 0 aliphatic carbocycles. The molecule has 0 aromatic heterocycles. The summed E-state index contributed by atoms with van der Waals surface area (Å²) in [6.07, 6.45) is 1.02. The average Bonchev–Trinajstić information content (AvgIpc) is 2.35. The van der Waals surface area contributed by atoms with Gasteiger partial charge in [-0.1, -0.05) is 0 Å². The lowest BCUT2D eigenvalue weighted by molar-refractivity contribution is -0.124. The molecule has 0 unspecified atom stereocenters. The monoisotopic (exact) mass is 252 g/mol. The number of aryl methyl sites for hydroxylation is 1. The summed E-state index contributed by atoms with van der Waals surface area (Å²) in [6, 6.07) is 5.57. The van der Waals surface area contributed by atoms with Gasteiger partial charge in [-0.15, -0.1) is 0 Å². The minimum absolute atomic E-state index is 0.0233. The average molecular weight is 252 g/mol. The van der Waals surface area contributed by atoms with Gasteiger partial charge in [-0.2, -0.15) is 0 Å². The molecule has 0 aliphatic heterocycles. The van der Waals surface area contributed by atoms with Crippen LogP contribution in [-0.4, -0.2) is 39.2 Å². The topological polar surface area (TPSA) is 50.8 Å². The smallest absolute Gasteiger partial charge is 0.234 e. The SMILES string of the molecule is COc1ccc(OC)c(CCC(=O)NN(C)C)c1. The highest BCUT2D eigenvalue weighted by molar-refractivity contribution is 5.75. The van der Waals surface area contributed by atoms with Crippen LogP contribution in [-0.2, 0) is 11.2 Å². The molecule has 0 atom stereocenters. The van der Waals surface area contributed by atoms with E-state index in [4.69, 9.17) is 9.47 Å². The number of rotatable bonds is 6. The van der Waals surface area contributed by atoms with E-state index in [1.165, 1.54) is 0 Å². The zero-order chi connectivity index (χ0) is 13.5. The summed E-state index contributed by atoms with van der Waals surface area (Å²) >= 11 is 0. The first-order valence-corrected chi connectivity index (χ1v) is 5.74. The van der Waals surface area contributed by atoms with Crippen LogP contribution in [0.25, 0.3) is 0 Å². The first-order chi connectivity index (χ1) is 8.56. The molecule has 0 saturated heterocycles. The molecular weight excluding hydrogens is 232 g/mol. The number of hydrogen-bond acceptors (Lipinski definition) is 4. The zero-order valence-corrected chi connectivity index (χ0v) is 11.3. The number of nitrogens with one attached hydrogen (secondary N) is 1. The third kappa shape index (κ3) is 4.25. The molecule has 18 heavy (non-hydrogen) atoms. The van der Waals surface area contributed by atoms with Gasteiger partial charge in [0.25, 0.3) is 0 Å². The standard InChI is InChI=1S/C13H20N2O3/c1-15(2)14-13(16)8-5-10-9-11(17-3)6-7-12(10)18-4/h6-7,9H,5,8H2,1-4H3,(H,14,16). The Morgan fingerprint density at radius 3 is 2.56 bits per heavy atom. The van der Waals surface area contributed by atoms with Gasteiger partial charge in [0.05, 0.1) is 14.2 Å². The molecule has 0 spiro atoms. The molecule has 5 nitrogen and oxygen atoms in total. The van der Waals surface area contributed by atoms with Crippen molar-refractivity contribution in [3.05, 3.63) is 23.8 Å². The van der Waals surface area contributed by atoms with Gasteiger partial charge < -0.3 is 9.47 Å². The number of carbonyl (C=O) groups is 1. The molecule has 0 radical (unpaired) electrons. The molecule has 1 aromatic carbocycles. The number of benzene rings is 1. The Hall–Kier alpha value is -1.75. The fourth-order valence-corrected chi connectivity index (χ4v) is 1.63. The molecule has 0 bridgehead atoms. The highest BCUT2D eigenvalue weighted by Crippen LogP contribution is 2.24. The second-order valence-electron chi connectivity index (χ2n) is 4.11. The van der Waals surface area contributed by atoms with E-state index in [0.717, 1.165) is 17.1 Å². The van der Waals surface area contributed by atoms with Crippen molar-refractivity contribution in [2.75, 3.05) is 28.3 Å². The van der Waals surface area contributed by atoms with Crippen molar-refractivity contribution < 1.29 is 14.3 Å². The molecule has 100 valence electrons. The largest absolute Gasteiger partial charge is 0.497 e. The van der Waals surface area contributed by atoms with Crippen LogP contribution in [0.5, 0.6) is 11.5 Å². The summed E-state index contributed by atoms with van der Waals surface area (Å²) < 4.78 is 10.4. The van der Waals surface area contributed by atoms with E-state index in [1.54, 1.807) is 33.3 Å². The van der Waals surface area contributed by atoms with Gasteiger partial charge in [-0.25, -0.2) is 5.01 Å². The zero-order valence-electron chi connectivity index (χ0n) is 11.3. The number of amides is 1. The van der Waals surface area contributed by atoms with Crippen LogP contribution >= 0.6 is 0 Å². The molecule has 0 fully saturated rings. The summed E-state index contributed by atoms with van der Waals surface area (Å²) in [5.74, 6) is 1.51. The maximum atomic E-state index is 11.6. The lowest BCUT2D eigenvalue weighted by Gasteiger charge is -2.13. The Bertz CT molecular complexity index is 405. The summed E-state index contributed by atoms with van der Waals surface area (Å²) in [6.45, 7) is 0. The van der Waals surface area contributed by atoms with E-state index in [-0.39, 0.29) is 5.91 Å². The van der Waals surface area contributed by atoms with Crippen molar-refractivity contribution in [2.45, 2.75) is 12.8 Å². The predicted octanol–water partition coefficient (Wildman–Crippen LogP) is 1.23. The molecule has 5 heteroatoms. The summed E-state index contributed by atoms with van der Waals surface area (Å²) in [7, 11) is 6.80. The summed E-state index contributed by atoms with van der Waals surface area (Å²) in [5, 5.41) is 1.63. The second kappa shape index (κ2) is 6.86. The van der Waals surface area contributed by atoms with Crippen molar-refractivity contribution in [2.24, 2.45) is 0 Å². The quantitative estimate of drug-likeness (QED) is 0.774. The van der Waals surface area contributed by atoms with Gasteiger partial charge >= 0.3 is 0 Å². The van der Waals surface area contributed by atoms with Gasteiger partial charge in [0, 0.05) is 20.5 Å². The Balaban J connectivity index is 2.67. The van der Waals surface area contributed by atoms with Gasteiger partial charge in [-0.3, -0.25) is 10.2 Å². The van der Waals surface area contributed by atoms with Gasteiger partial charge in [0.2, 0.25) is 5.91 Å². The maximum Gasteiger partial charge on any atom is 0.234 e. The molecule has 0 heterocycles. The first kappa shape index (κ1) is 14.3. The number of nitrogens with zero attached hydrogens (tertiary/aromatic N) is 1. The molecule has 1 N–H and O–H groups in total. The summed E-state index contributed by atoms with van der Waals surface area (Å²) in [5.41, 5.74) is 3.67. The van der Waals surface area contributed by atoms with Gasteiger partial charge in [0.1, 0.15) is 11.5 Å². The Morgan fingerprint density at radius 2 is 2.00 bits per heavy atom. The van der Waals surface area contributed by atoms with E-state index in [0.29, 0.717) is 12.8 Å². The van der Waals surface area contributed by atoms with E-state index in [9.17, 15) is 4.79 Å². The number of ether oxygens (including phenoxy) is 2. The first-order valence-electron chi connectivity index (χ1n) is 5.74. The molecule has 0 saturated carbocycles. The highest BCUT2D eigenvalue weighted by Gasteiger charge is 2.08. The van der Waals surface area contributed by atoms with Gasteiger partial charge in [-0.05, 0) is 30.2 Å². The number of carbonyl (C=O) groups excluding carboxylic acids is 1. The van der Waals surface area contributed by atoms with Crippen molar-refractivity contribution in [3.63, 3.8) is 0 Å². The molecule has 1 aromatic rings. The summed E-state index contributed by atoms with van der Waals surface area (Å²) in [4.78, 5) is 11.6. The molecule has 0 aliphatic rings. The van der Waals surface area contributed by atoms with Crippen LogP contribution in [0.1, 0.15) is 12.0 Å². The Kier molecular flexibility index (Phi) is 5.45. The van der Waals surface area contributed by atoms with Crippen LogP contribution in [0.2, 0.25) is 0 Å². The van der Waals surface area contributed by atoms with E-state index in [1.807, 2.05) is 18.2 Å². The number of hydrazine groups is 1. The normalized spacial score (nSPS) is 10.3. The van der Waals surface area contributed by atoms with Crippen LogP contribution in [0, 0.1) is 0 Å². The van der Waals surface area contributed by atoms with Crippen molar-refractivity contribution >= 4 is 5.91 Å². The number of methoxy groups -OCH3 is 2. The van der Waals surface area contributed by atoms with Crippen molar-refractivity contribution in [3.8, 4) is 11.5 Å². The number of hydrogen-bond donors (Lipinski definition) is 1. The maximum absolute atomic E-state index is 11.6. The molecular formula is C13H20N2O3. The second-order valence-corrected chi connectivity index (χ2v) is 4.11. The minimum Gasteiger partial charge on any atom is -0.497 e. The van der Waals surface area contributed by atoms with Gasteiger partial charge in [0.15, 0.2) is 0 Å². The Morgan fingerprint density at radius 1 is 1.28 bits per heavy atom. The predicted molar refractivity (Wildman–Crippen MR) is 69.7 cm³/mol. The van der Waals surface area contributed by atoms with Crippen LogP contribution in [0.3, 0.4) is 0 Å². The Labute approximate surface area is 108 Å². The third-order valence-corrected chi connectivity index (χ3v) is 2.46. The lowest BCUT2D eigenvalue weighted by Crippen LogP contribution is -2.36. The van der Waals surface area contributed by atoms with Crippen molar-refractivity contribution in [1.82, 2.24) is 10.4 Å². The molecule has 1 rings (SSSR count). The lowest BCUT2D eigenvalue weighted by atomic mass is 10.1.